The molecule has 1 aromatic carbocycles. The first-order valence-electron chi connectivity index (χ1n) is 7.51. The number of rotatable bonds is 5. The number of carbonyl (C=O) groups is 1. The smallest absolute Gasteiger partial charge is 0.238 e. The highest BCUT2D eigenvalue weighted by atomic mass is 35.5. The van der Waals surface area contributed by atoms with Crippen LogP contribution in [0, 0.1) is 12.8 Å². The molecular formula is C16H25Cl2N3O. The van der Waals surface area contributed by atoms with Gasteiger partial charge in [0.1, 0.15) is 0 Å². The molecule has 1 aliphatic heterocycles. The minimum Gasteiger partial charge on any atom is -0.324 e. The number of anilines is 1. The standard InChI is InChI=1S/C16H24ClN3O.ClH/c1-12-3-4-15(14(17)9-12)19-16(21)11-20-7-5-13(6-8-20)10-18-2;/h3-4,9,13,18H,5-8,10-11H2,1-2H3,(H,19,21);1H. The molecule has 0 atom stereocenters. The van der Waals surface area contributed by atoms with Gasteiger partial charge in [-0.3, -0.25) is 9.69 Å². The SMILES string of the molecule is CNCC1CCN(CC(=O)Nc2ccc(C)cc2Cl)CC1.Cl. The summed E-state index contributed by atoms with van der Waals surface area (Å²) >= 11 is 6.13. The van der Waals surface area contributed by atoms with E-state index in [9.17, 15) is 4.79 Å². The predicted molar refractivity (Wildman–Crippen MR) is 95.2 cm³/mol. The highest BCUT2D eigenvalue weighted by molar-refractivity contribution is 6.33. The van der Waals surface area contributed by atoms with E-state index in [2.05, 4.69) is 15.5 Å². The number of nitrogens with one attached hydrogen (secondary N) is 2. The molecule has 1 saturated heterocycles. The van der Waals surface area contributed by atoms with Crippen LogP contribution in [0.5, 0.6) is 0 Å². The molecule has 2 N–H and O–H groups in total. The minimum atomic E-state index is 0. The zero-order valence-corrected chi connectivity index (χ0v) is 14.8. The summed E-state index contributed by atoms with van der Waals surface area (Å²) < 4.78 is 0. The Kier molecular flexibility index (Phi) is 8.18. The molecule has 0 aromatic heterocycles. The van der Waals surface area contributed by atoms with Gasteiger partial charge < -0.3 is 10.6 Å². The lowest BCUT2D eigenvalue weighted by atomic mass is 9.97. The minimum absolute atomic E-state index is 0. The molecule has 0 bridgehead atoms. The van der Waals surface area contributed by atoms with Crippen LogP contribution in [0.1, 0.15) is 18.4 Å². The maximum atomic E-state index is 12.1. The van der Waals surface area contributed by atoms with Crippen molar-refractivity contribution >= 4 is 35.6 Å². The summed E-state index contributed by atoms with van der Waals surface area (Å²) in [5, 5.41) is 6.71. The molecule has 1 fully saturated rings. The Morgan fingerprint density at radius 2 is 2.05 bits per heavy atom. The van der Waals surface area contributed by atoms with Gasteiger partial charge in [0.05, 0.1) is 17.3 Å². The van der Waals surface area contributed by atoms with Gasteiger partial charge in [-0.05, 0) is 70.1 Å². The van der Waals surface area contributed by atoms with Crippen molar-refractivity contribution in [1.29, 1.82) is 0 Å². The number of hydrogen-bond acceptors (Lipinski definition) is 3. The molecule has 124 valence electrons. The van der Waals surface area contributed by atoms with Crippen molar-refractivity contribution in [2.24, 2.45) is 5.92 Å². The average Bonchev–Trinajstić information content (AvgIpc) is 2.44. The van der Waals surface area contributed by atoms with E-state index in [-0.39, 0.29) is 18.3 Å². The second-order valence-corrected chi connectivity index (χ2v) is 6.22. The third-order valence-electron chi connectivity index (χ3n) is 3.97. The second kappa shape index (κ2) is 9.36. The molecule has 1 aromatic rings. The third kappa shape index (κ3) is 5.76. The molecule has 0 radical (unpaired) electrons. The quantitative estimate of drug-likeness (QED) is 0.862. The van der Waals surface area contributed by atoms with Crippen LogP contribution in [0.3, 0.4) is 0 Å². The first-order valence-corrected chi connectivity index (χ1v) is 7.89. The van der Waals surface area contributed by atoms with Gasteiger partial charge >= 0.3 is 0 Å². The van der Waals surface area contributed by atoms with Crippen molar-refractivity contribution in [3.05, 3.63) is 28.8 Å². The van der Waals surface area contributed by atoms with Crippen molar-refractivity contribution in [3.8, 4) is 0 Å². The number of hydrogen-bond donors (Lipinski definition) is 2. The fourth-order valence-corrected chi connectivity index (χ4v) is 3.03. The summed E-state index contributed by atoms with van der Waals surface area (Å²) in [4.78, 5) is 14.3. The van der Waals surface area contributed by atoms with E-state index in [1.807, 2.05) is 32.2 Å². The zero-order valence-electron chi connectivity index (χ0n) is 13.2. The van der Waals surface area contributed by atoms with Gasteiger partial charge in [-0.1, -0.05) is 17.7 Å². The van der Waals surface area contributed by atoms with Gasteiger partial charge in [-0.2, -0.15) is 0 Å². The number of nitrogens with zero attached hydrogens (tertiary/aromatic N) is 1. The molecule has 2 rings (SSSR count). The third-order valence-corrected chi connectivity index (χ3v) is 4.28. The van der Waals surface area contributed by atoms with Gasteiger partial charge in [0, 0.05) is 0 Å². The van der Waals surface area contributed by atoms with Gasteiger partial charge in [0.2, 0.25) is 5.91 Å². The zero-order chi connectivity index (χ0) is 15.2. The van der Waals surface area contributed by atoms with Crippen LogP contribution in [-0.2, 0) is 4.79 Å². The summed E-state index contributed by atoms with van der Waals surface area (Å²) in [6, 6.07) is 5.67. The normalized spacial score (nSPS) is 16.1. The maximum absolute atomic E-state index is 12.1. The van der Waals surface area contributed by atoms with Crippen molar-refractivity contribution in [2.45, 2.75) is 19.8 Å². The molecule has 1 heterocycles. The lowest BCUT2D eigenvalue weighted by Crippen LogP contribution is -2.40. The van der Waals surface area contributed by atoms with Crippen molar-refractivity contribution in [3.63, 3.8) is 0 Å². The van der Waals surface area contributed by atoms with E-state index in [1.165, 1.54) is 0 Å². The fourth-order valence-electron chi connectivity index (χ4n) is 2.75. The number of halogens is 2. The Balaban J connectivity index is 0.00000242. The highest BCUT2D eigenvalue weighted by Crippen LogP contribution is 2.23. The average molecular weight is 346 g/mol. The summed E-state index contributed by atoms with van der Waals surface area (Å²) in [5.74, 6) is 0.744. The molecule has 0 unspecified atom stereocenters. The molecule has 4 nitrogen and oxygen atoms in total. The number of likely N-dealkylation sites (tertiary alicyclic amines) is 1. The second-order valence-electron chi connectivity index (χ2n) is 5.81. The number of benzene rings is 1. The van der Waals surface area contributed by atoms with E-state index in [4.69, 9.17) is 11.6 Å². The molecule has 1 aliphatic rings. The van der Waals surface area contributed by atoms with E-state index in [0.29, 0.717) is 17.3 Å². The Hall–Kier alpha value is -0.810. The monoisotopic (exact) mass is 345 g/mol. The van der Waals surface area contributed by atoms with Crippen LogP contribution < -0.4 is 10.6 Å². The molecule has 22 heavy (non-hydrogen) atoms. The Labute approximate surface area is 144 Å². The Morgan fingerprint density at radius 3 is 2.64 bits per heavy atom. The van der Waals surface area contributed by atoms with Gasteiger partial charge in [0.25, 0.3) is 0 Å². The van der Waals surface area contributed by atoms with Gasteiger partial charge in [0.15, 0.2) is 0 Å². The Morgan fingerprint density at radius 1 is 1.36 bits per heavy atom. The number of aryl methyl sites for hydroxylation is 1. The van der Waals surface area contributed by atoms with Crippen LogP contribution in [0.2, 0.25) is 5.02 Å². The molecule has 0 spiro atoms. The molecular weight excluding hydrogens is 321 g/mol. The maximum Gasteiger partial charge on any atom is 0.238 e. The number of carbonyl (C=O) groups excluding carboxylic acids is 1. The van der Waals surface area contributed by atoms with Crippen LogP contribution in [-0.4, -0.2) is 44.0 Å². The number of piperidine rings is 1. The van der Waals surface area contributed by atoms with Gasteiger partial charge in [-0.25, -0.2) is 0 Å². The fraction of sp³-hybridized carbons (Fsp3) is 0.562. The van der Waals surface area contributed by atoms with E-state index < -0.39 is 0 Å². The molecule has 0 saturated carbocycles. The molecule has 6 heteroatoms. The van der Waals surface area contributed by atoms with Crippen LogP contribution in [0.15, 0.2) is 18.2 Å². The van der Waals surface area contributed by atoms with E-state index >= 15 is 0 Å². The van der Waals surface area contributed by atoms with Crippen LogP contribution in [0.4, 0.5) is 5.69 Å². The first kappa shape index (κ1) is 19.2. The van der Waals surface area contributed by atoms with Crippen LogP contribution >= 0.6 is 24.0 Å². The van der Waals surface area contributed by atoms with E-state index in [0.717, 1.165) is 44.0 Å². The largest absolute Gasteiger partial charge is 0.324 e. The summed E-state index contributed by atoms with van der Waals surface area (Å²) in [6.07, 6.45) is 2.30. The van der Waals surface area contributed by atoms with Gasteiger partial charge in [-0.15, -0.1) is 12.4 Å². The summed E-state index contributed by atoms with van der Waals surface area (Å²) in [5.41, 5.74) is 1.78. The molecule has 0 aliphatic carbocycles. The predicted octanol–water partition coefficient (Wildman–Crippen LogP) is 2.94. The van der Waals surface area contributed by atoms with E-state index in [1.54, 1.807) is 0 Å². The highest BCUT2D eigenvalue weighted by Gasteiger charge is 2.20. The number of amides is 1. The molecule has 1 amide bonds. The summed E-state index contributed by atoms with van der Waals surface area (Å²) in [6.45, 7) is 5.46. The van der Waals surface area contributed by atoms with Crippen LogP contribution in [0.25, 0.3) is 0 Å². The lowest BCUT2D eigenvalue weighted by Gasteiger charge is -2.31. The van der Waals surface area contributed by atoms with Crippen molar-refractivity contribution < 1.29 is 4.79 Å². The van der Waals surface area contributed by atoms with Crippen molar-refractivity contribution in [1.82, 2.24) is 10.2 Å². The Bertz CT molecular complexity index is 488. The first-order chi connectivity index (χ1) is 10.1. The topological polar surface area (TPSA) is 44.4 Å². The lowest BCUT2D eigenvalue weighted by molar-refractivity contribution is -0.117. The van der Waals surface area contributed by atoms with Crippen molar-refractivity contribution in [2.75, 3.05) is 38.5 Å². The summed E-state index contributed by atoms with van der Waals surface area (Å²) in [7, 11) is 1.99.